The number of rotatable bonds is 2. The van der Waals surface area contributed by atoms with Crippen LogP contribution in [0, 0.1) is 0 Å². The number of aromatic nitrogens is 1. The fourth-order valence-electron chi connectivity index (χ4n) is 1.79. The Morgan fingerprint density at radius 3 is 2.56 bits per heavy atom. The van der Waals surface area contributed by atoms with E-state index in [4.69, 9.17) is 23.2 Å². The number of hydrogen-bond acceptors (Lipinski definition) is 3. The Morgan fingerprint density at radius 2 is 2.00 bits per heavy atom. The second kappa shape index (κ2) is 5.21. The third-order valence-electron chi connectivity index (χ3n) is 2.84. The summed E-state index contributed by atoms with van der Waals surface area (Å²) in [5, 5.41) is 0.697. The molecule has 0 aromatic carbocycles. The maximum atomic E-state index is 6.20. The van der Waals surface area contributed by atoms with Gasteiger partial charge >= 0.3 is 0 Å². The highest BCUT2D eigenvalue weighted by atomic mass is 35.5. The van der Waals surface area contributed by atoms with Gasteiger partial charge in [-0.25, -0.2) is 4.98 Å². The van der Waals surface area contributed by atoms with Gasteiger partial charge in [-0.15, -0.1) is 11.6 Å². The minimum atomic E-state index is 0.454. The highest BCUT2D eigenvalue weighted by molar-refractivity contribution is 6.33. The molecule has 16 heavy (non-hydrogen) atoms. The van der Waals surface area contributed by atoms with Gasteiger partial charge in [0.2, 0.25) is 0 Å². The van der Waals surface area contributed by atoms with Gasteiger partial charge in [0.15, 0.2) is 0 Å². The van der Waals surface area contributed by atoms with E-state index >= 15 is 0 Å². The zero-order valence-electron chi connectivity index (χ0n) is 9.29. The molecule has 88 valence electrons. The molecule has 0 aliphatic carbocycles. The van der Waals surface area contributed by atoms with Crippen molar-refractivity contribution in [2.45, 2.75) is 5.88 Å². The van der Waals surface area contributed by atoms with Crippen molar-refractivity contribution in [2.75, 3.05) is 38.1 Å². The third-order valence-corrected chi connectivity index (χ3v) is 3.42. The quantitative estimate of drug-likeness (QED) is 0.760. The number of alkyl halides is 1. The van der Waals surface area contributed by atoms with Gasteiger partial charge in [0.05, 0.1) is 5.02 Å². The molecule has 2 rings (SSSR count). The minimum absolute atomic E-state index is 0.454. The van der Waals surface area contributed by atoms with Crippen molar-refractivity contribution < 1.29 is 0 Å². The van der Waals surface area contributed by atoms with Crippen molar-refractivity contribution in [1.29, 1.82) is 0 Å². The van der Waals surface area contributed by atoms with Crippen LogP contribution in [0.1, 0.15) is 5.56 Å². The first-order chi connectivity index (χ1) is 7.70. The van der Waals surface area contributed by atoms with E-state index in [2.05, 4.69) is 21.8 Å². The van der Waals surface area contributed by atoms with Crippen LogP contribution in [-0.2, 0) is 5.88 Å². The van der Waals surface area contributed by atoms with Crippen molar-refractivity contribution in [3.8, 4) is 0 Å². The molecular formula is C11H15Cl2N3. The Balaban J connectivity index is 2.14. The lowest BCUT2D eigenvalue weighted by Crippen LogP contribution is -2.44. The maximum Gasteiger partial charge on any atom is 0.147 e. The summed E-state index contributed by atoms with van der Waals surface area (Å²) in [6, 6.07) is 1.90. The van der Waals surface area contributed by atoms with Gasteiger partial charge in [0.1, 0.15) is 5.82 Å². The molecule has 1 aromatic rings. The number of nitrogens with zero attached hydrogens (tertiary/aromatic N) is 3. The SMILES string of the molecule is CN1CCN(c2ncc(CCl)cc2Cl)CC1. The summed E-state index contributed by atoms with van der Waals surface area (Å²) in [6.45, 7) is 4.05. The Morgan fingerprint density at radius 1 is 1.31 bits per heavy atom. The molecule has 1 aliphatic heterocycles. The monoisotopic (exact) mass is 259 g/mol. The largest absolute Gasteiger partial charge is 0.353 e. The topological polar surface area (TPSA) is 19.4 Å². The van der Waals surface area contributed by atoms with E-state index < -0.39 is 0 Å². The van der Waals surface area contributed by atoms with E-state index in [0.29, 0.717) is 10.9 Å². The van der Waals surface area contributed by atoms with Crippen LogP contribution in [-0.4, -0.2) is 43.1 Å². The predicted molar refractivity (Wildman–Crippen MR) is 68.5 cm³/mol. The van der Waals surface area contributed by atoms with Crippen LogP contribution in [0.4, 0.5) is 5.82 Å². The summed E-state index contributed by atoms with van der Waals surface area (Å²) in [6.07, 6.45) is 1.80. The average Bonchev–Trinajstić information content (AvgIpc) is 2.30. The molecule has 1 fully saturated rings. The minimum Gasteiger partial charge on any atom is -0.353 e. The molecule has 1 saturated heterocycles. The van der Waals surface area contributed by atoms with Gasteiger partial charge in [-0.2, -0.15) is 0 Å². The van der Waals surface area contributed by atoms with Gasteiger partial charge in [-0.05, 0) is 18.7 Å². The lowest BCUT2D eigenvalue weighted by Gasteiger charge is -2.33. The molecule has 2 heterocycles. The number of halogens is 2. The summed E-state index contributed by atoms with van der Waals surface area (Å²) in [5.74, 6) is 1.33. The molecule has 0 saturated carbocycles. The molecule has 3 nitrogen and oxygen atoms in total. The van der Waals surface area contributed by atoms with Crippen LogP contribution in [0.3, 0.4) is 0 Å². The molecule has 0 N–H and O–H groups in total. The Labute approximate surface area is 106 Å². The highest BCUT2D eigenvalue weighted by Crippen LogP contribution is 2.25. The lowest BCUT2D eigenvalue weighted by atomic mass is 10.3. The summed E-state index contributed by atoms with van der Waals surface area (Å²) < 4.78 is 0. The van der Waals surface area contributed by atoms with Crippen molar-refractivity contribution in [3.05, 3.63) is 22.8 Å². The van der Waals surface area contributed by atoms with Crippen LogP contribution in [0.5, 0.6) is 0 Å². The lowest BCUT2D eigenvalue weighted by molar-refractivity contribution is 0.312. The summed E-state index contributed by atoms with van der Waals surface area (Å²) in [4.78, 5) is 8.91. The normalized spacial score (nSPS) is 17.8. The number of hydrogen-bond donors (Lipinski definition) is 0. The number of pyridine rings is 1. The van der Waals surface area contributed by atoms with E-state index in [0.717, 1.165) is 37.6 Å². The van der Waals surface area contributed by atoms with E-state index in [9.17, 15) is 0 Å². The summed E-state index contributed by atoms with van der Waals surface area (Å²) >= 11 is 11.9. The van der Waals surface area contributed by atoms with Crippen LogP contribution in [0.2, 0.25) is 5.02 Å². The Kier molecular flexibility index (Phi) is 3.90. The van der Waals surface area contributed by atoms with Crippen molar-refractivity contribution in [2.24, 2.45) is 0 Å². The molecule has 0 unspecified atom stereocenters. The van der Waals surface area contributed by atoms with Crippen LogP contribution < -0.4 is 4.90 Å². The zero-order chi connectivity index (χ0) is 11.5. The van der Waals surface area contributed by atoms with Crippen molar-refractivity contribution in [3.63, 3.8) is 0 Å². The molecule has 0 atom stereocenters. The standard InChI is InChI=1S/C11H15Cl2N3/c1-15-2-4-16(5-3-15)11-10(13)6-9(7-12)8-14-11/h6,8H,2-5,7H2,1H3. The molecule has 0 spiro atoms. The molecule has 0 radical (unpaired) electrons. The first-order valence-electron chi connectivity index (χ1n) is 5.34. The number of likely N-dealkylation sites (N-methyl/N-ethyl adjacent to an activating group) is 1. The van der Waals surface area contributed by atoms with Gasteiger partial charge in [0, 0.05) is 38.3 Å². The number of piperazine rings is 1. The molecule has 0 bridgehead atoms. The fraction of sp³-hybridized carbons (Fsp3) is 0.545. The summed E-state index contributed by atoms with van der Waals surface area (Å²) in [5.41, 5.74) is 0.963. The van der Waals surface area contributed by atoms with Gasteiger partial charge in [-0.1, -0.05) is 11.6 Å². The Bertz CT molecular complexity index is 362. The first-order valence-corrected chi connectivity index (χ1v) is 6.26. The average molecular weight is 260 g/mol. The van der Waals surface area contributed by atoms with Gasteiger partial charge in [-0.3, -0.25) is 0 Å². The molecular weight excluding hydrogens is 245 g/mol. The second-order valence-electron chi connectivity index (χ2n) is 4.07. The van der Waals surface area contributed by atoms with Crippen LogP contribution in [0.25, 0.3) is 0 Å². The fourth-order valence-corrected chi connectivity index (χ4v) is 2.25. The van der Waals surface area contributed by atoms with Gasteiger partial charge < -0.3 is 9.80 Å². The molecule has 1 aliphatic rings. The smallest absolute Gasteiger partial charge is 0.147 e. The Hall–Kier alpha value is -0.510. The van der Waals surface area contributed by atoms with E-state index in [-0.39, 0.29) is 0 Å². The number of anilines is 1. The predicted octanol–water partition coefficient (Wildman–Crippen LogP) is 2.23. The third kappa shape index (κ3) is 2.59. The molecule has 0 amide bonds. The van der Waals surface area contributed by atoms with E-state index in [1.807, 2.05) is 6.07 Å². The van der Waals surface area contributed by atoms with Crippen molar-refractivity contribution >= 4 is 29.0 Å². The van der Waals surface area contributed by atoms with Crippen molar-refractivity contribution in [1.82, 2.24) is 9.88 Å². The molecule has 1 aromatic heterocycles. The highest BCUT2D eigenvalue weighted by Gasteiger charge is 2.17. The first kappa shape index (κ1) is 12.0. The van der Waals surface area contributed by atoms with Crippen LogP contribution in [0.15, 0.2) is 12.3 Å². The maximum absolute atomic E-state index is 6.20. The summed E-state index contributed by atoms with van der Waals surface area (Å²) in [7, 11) is 2.13. The zero-order valence-corrected chi connectivity index (χ0v) is 10.8. The van der Waals surface area contributed by atoms with Crippen LogP contribution >= 0.6 is 23.2 Å². The second-order valence-corrected chi connectivity index (χ2v) is 4.75. The van der Waals surface area contributed by atoms with E-state index in [1.165, 1.54) is 0 Å². The molecule has 5 heteroatoms. The van der Waals surface area contributed by atoms with Gasteiger partial charge in [0.25, 0.3) is 0 Å². The van der Waals surface area contributed by atoms with E-state index in [1.54, 1.807) is 6.20 Å².